The van der Waals surface area contributed by atoms with E-state index in [2.05, 4.69) is 9.47 Å². The molecule has 5 nitrogen and oxygen atoms in total. The van der Waals surface area contributed by atoms with Crippen molar-refractivity contribution in [1.29, 1.82) is 0 Å². The fourth-order valence-corrected chi connectivity index (χ4v) is 3.18. The highest BCUT2D eigenvalue weighted by atomic mass is 16.3. The van der Waals surface area contributed by atoms with Gasteiger partial charge in [-0.25, -0.2) is 0 Å². The first-order valence-electron chi connectivity index (χ1n) is 9.05. The van der Waals surface area contributed by atoms with E-state index in [0.717, 1.165) is 44.7 Å². The van der Waals surface area contributed by atoms with Crippen molar-refractivity contribution < 1.29 is 9.90 Å². The predicted octanol–water partition coefficient (Wildman–Crippen LogP) is 2.07. The highest BCUT2D eigenvalue weighted by Gasteiger charge is 2.23. The highest BCUT2D eigenvalue weighted by molar-refractivity contribution is 5.94. The SMILES string of the molecule is CC[C@H](O)CN1CCN(C(=O)c2ccc(Cn3cccc3)cc2)CC1. The minimum absolute atomic E-state index is 0.100. The lowest BCUT2D eigenvalue weighted by Crippen LogP contribution is -2.50. The van der Waals surface area contributed by atoms with Crippen LogP contribution in [0.3, 0.4) is 0 Å². The molecule has 1 atom stereocenters. The second-order valence-corrected chi connectivity index (χ2v) is 6.71. The van der Waals surface area contributed by atoms with Gasteiger partial charge in [0.2, 0.25) is 0 Å². The fourth-order valence-electron chi connectivity index (χ4n) is 3.18. The molecule has 134 valence electrons. The maximum absolute atomic E-state index is 12.7. The molecule has 1 aliphatic heterocycles. The third kappa shape index (κ3) is 4.71. The van der Waals surface area contributed by atoms with Crippen LogP contribution >= 0.6 is 0 Å². The number of hydrogen-bond acceptors (Lipinski definition) is 3. The lowest BCUT2D eigenvalue weighted by Gasteiger charge is -2.35. The third-order valence-electron chi connectivity index (χ3n) is 4.83. The molecule has 1 N–H and O–H groups in total. The molecule has 1 fully saturated rings. The van der Waals surface area contributed by atoms with Crippen molar-refractivity contribution in [1.82, 2.24) is 14.4 Å². The second-order valence-electron chi connectivity index (χ2n) is 6.71. The molecule has 0 unspecified atom stereocenters. The van der Waals surface area contributed by atoms with E-state index in [1.165, 1.54) is 5.56 Å². The average molecular weight is 341 g/mol. The van der Waals surface area contributed by atoms with Crippen molar-refractivity contribution >= 4 is 5.91 Å². The number of aromatic nitrogens is 1. The summed E-state index contributed by atoms with van der Waals surface area (Å²) in [6, 6.07) is 11.9. The van der Waals surface area contributed by atoms with Crippen molar-refractivity contribution in [3.63, 3.8) is 0 Å². The number of aliphatic hydroxyl groups is 1. The van der Waals surface area contributed by atoms with E-state index in [1.807, 2.05) is 60.6 Å². The summed E-state index contributed by atoms with van der Waals surface area (Å²) in [4.78, 5) is 16.8. The number of aliphatic hydroxyl groups excluding tert-OH is 1. The predicted molar refractivity (Wildman–Crippen MR) is 98.6 cm³/mol. The van der Waals surface area contributed by atoms with Crippen LogP contribution in [0, 0.1) is 0 Å². The molecule has 1 aromatic heterocycles. The Bertz CT molecular complexity index is 659. The zero-order valence-corrected chi connectivity index (χ0v) is 14.8. The largest absolute Gasteiger partial charge is 0.392 e. The minimum Gasteiger partial charge on any atom is -0.392 e. The molecule has 2 heterocycles. The van der Waals surface area contributed by atoms with Crippen molar-refractivity contribution in [2.75, 3.05) is 32.7 Å². The molecule has 1 aromatic carbocycles. The first kappa shape index (κ1) is 17.7. The van der Waals surface area contributed by atoms with Gasteiger partial charge in [-0.3, -0.25) is 9.69 Å². The molecule has 3 rings (SSSR count). The van der Waals surface area contributed by atoms with E-state index in [9.17, 15) is 9.90 Å². The molecule has 1 saturated heterocycles. The number of β-amino-alcohol motifs (C(OH)–C–C–N with tert-alkyl or cyclic N) is 1. The Hall–Kier alpha value is -2.11. The van der Waals surface area contributed by atoms with Crippen molar-refractivity contribution in [3.05, 3.63) is 59.9 Å². The second kappa shape index (κ2) is 8.32. The maximum Gasteiger partial charge on any atom is 0.253 e. The van der Waals surface area contributed by atoms with Gasteiger partial charge in [0.05, 0.1) is 6.10 Å². The fraction of sp³-hybridized carbons (Fsp3) is 0.450. The Morgan fingerprint density at radius 2 is 1.72 bits per heavy atom. The molecule has 1 amide bonds. The van der Waals surface area contributed by atoms with Gasteiger partial charge in [-0.2, -0.15) is 0 Å². The Balaban J connectivity index is 1.53. The molecule has 0 bridgehead atoms. The van der Waals surface area contributed by atoms with Crippen molar-refractivity contribution in [2.45, 2.75) is 26.0 Å². The topological polar surface area (TPSA) is 48.7 Å². The highest BCUT2D eigenvalue weighted by Crippen LogP contribution is 2.12. The third-order valence-corrected chi connectivity index (χ3v) is 4.83. The normalized spacial score (nSPS) is 16.8. The molecular formula is C20H27N3O2. The number of hydrogen-bond donors (Lipinski definition) is 1. The number of nitrogens with zero attached hydrogens (tertiary/aromatic N) is 3. The van der Waals surface area contributed by atoms with Gasteiger partial charge < -0.3 is 14.6 Å². The van der Waals surface area contributed by atoms with Gasteiger partial charge >= 0.3 is 0 Å². The molecule has 2 aromatic rings. The number of amides is 1. The van der Waals surface area contributed by atoms with Gasteiger partial charge in [-0.05, 0) is 36.2 Å². The summed E-state index contributed by atoms with van der Waals surface area (Å²) in [5, 5.41) is 9.76. The van der Waals surface area contributed by atoms with Gasteiger partial charge in [0.15, 0.2) is 0 Å². The van der Waals surface area contributed by atoms with E-state index in [4.69, 9.17) is 0 Å². The van der Waals surface area contributed by atoms with E-state index < -0.39 is 0 Å². The molecule has 25 heavy (non-hydrogen) atoms. The summed E-state index contributed by atoms with van der Waals surface area (Å²) in [7, 11) is 0. The van der Waals surface area contributed by atoms with E-state index in [1.54, 1.807) is 0 Å². The lowest BCUT2D eigenvalue weighted by atomic mass is 10.1. The standard InChI is InChI=1S/C20H27N3O2/c1-2-19(24)16-22-11-13-23(14-12-22)20(25)18-7-5-17(6-8-18)15-21-9-3-4-10-21/h3-10,19,24H,2,11-16H2,1H3/t19-/m0/s1. The van der Waals surface area contributed by atoms with Gasteiger partial charge in [0.25, 0.3) is 5.91 Å². The molecule has 0 radical (unpaired) electrons. The van der Waals surface area contributed by atoms with Crippen LogP contribution in [0.2, 0.25) is 0 Å². The first-order chi connectivity index (χ1) is 12.2. The summed E-state index contributed by atoms with van der Waals surface area (Å²) >= 11 is 0. The van der Waals surface area contributed by atoms with Crippen LogP contribution in [0.1, 0.15) is 29.3 Å². The summed E-state index contributed by atoms with van der Waals surface area (Å²) < 4.78 is 2.11. The number of carbonyl (C=O) groups is 1. The zero-order chi connectivity index (χ0) is 17.6. The summed E-state index contributed by atoms with van der Waals surface area (Å²) in [5.41, 5.74) is 1.93. The van der Waals surface area contributed by atoms with E-state index in [0.29, 0.717) is 6.54 Å². The zero-order valence-electron chi connectivity index (χ0n) is 14.8. The molecule has 0 spiro atoms. The Kier molecular flexibility index (Phi) is 5.89. The van der Waals surface area contributed by atoms with Crippen LogP contribution in [-0.4, -0.2) is 64.2 Å². The monoisotopic (exact) mass is 341 g/mol. The van der Waals surface area contributed by atoms with Gasteiger partial charge in [-0.15, -0.1) is 0 Å². The maximum atomic E-state index is 12.7. The molecular weight excluding hydrogens is 314 g/mol. The van der Waals surface area contributed by atoms with Crippen LogP contribution in [0.15, 0.2) is 48.8 Å². The van der Waals surface area contributed by atoms with Gasteiger partial charge in [0, 0.05) is 57.2 Å². The smallest absolute Gasteiger partial charge is 0.253 e. The Morgan fingerprint density at radius 1 is 1.08 bits per heavy atom. The van der Waals surface area contributed by atoms with Crippen LogP contribution in [0.25, 0.3) is 0 Å². The summed E-state index contributed by atoms with van der Waals surface area (Å²) in [6.45, 7) is 6.61. The Labute approximate surface area is 149 Å². The molecule has 0 aliphatic carbocycles. The summed E-state index contributed by atoms with van der Waals surface area (Å²) in [5.74, 6) is 0.100. The Morgan fingerprint density at radius 3 is 2.32 bits per heavy atom. The van der Waals surface area contributed by atoms with E-state index >= 15 is 0 Å². The average Bonchev–Trinajstić information content (AvgIpc) is 3.15. The van der Waals surface area contributed by atoms with Crippen molar-refractivity contribution in [3.8, 4) is 0 Å². The number of benzene rings is 1. The van der Waals surface area contributed by atoms with Crippen LogP contribution < -0.4 is 0 Å². The molecule has 5 heteroatoms. The van der Waals surface area contributed by atoms with Gasteiger partial charge in [0.1, 0.15) is 0 Å². The summed E-state index contributed by atoms with van der Waals surface area (Å²) in [6.07, 6.45) is 4.58. The number of carbonyl (C=O) groups excluding carboxylic acids is 1. The minimum atomic E-state index is -0.268. The number of piperazine rings is 1. The van der Waals surface area contributed by atoms with Crippen LogP contribution in [0.5, 0.6) is 0 Å². The van der Waals surface area contributed by atoms with Crippen LogP contribution in [0.4, 0.5) is 0 Å². The quantitative estimate of drug-likeness (QED) is 0.875. The van der Waals surface area contributed by atoms with Gasteiger partial charge in [-0.1, -0.05) is 19.1 Å². The number of rotatable bonds is 6. The molecule has 0 saturated carbocycles. The molecule has 1 aliphatic rings. The van der Waals surface area contributed by atoms with Crippen LogP contribution in [-0.2, 0) is 6.54 Å². The first-order valence-corrected chi connectivity index (χ1v) is 9.05. The lowest BCUT2D eigenvalue weighted by molar-refractivity contribution is 0.0524. The van der Waals surface area contributed by atoms with E-state index in [-0.39, 0.29) is 12.0 Å². The van der Waals surface area contributed by atoms with Crippen molar-refractivity contribution in [2.24, 2.45) is 0 Å².